The van der Waals surface area contributed by atoms with Gasteiger partial charge in [-0.05, 0) is 85.6 Å². The van der Waals surface area contributed by atoms with Crippen molar-refractivity contribution in [3.05, 3.63) is 83.9 Å². The van der Waals surface area contributed by atoms with Crippen molar-refractivity contribution in [1.82, 2.24) is 10.6 Å². The topological polar surface area (TPSA) is 150 Å². The molecule has 12 nitrogen and oxygen atoms in total. The molecule has 0 atom stereocenters. The molecule has 0 aliphatic rings. The molecule has 45 heavy (non-hydrogen) atoms. The average Bonchev–Trinajstić information content (AvgIpc) is 3.03. The van der Waals surface area contributed by atoms with Crippen LogP contribution in [0.3, 0.4) is 0 Å². The number of amidine groups is 2. The van der Waals surface area contributed by atoms with Crippen LogP contribution in [0, 0.1) is 0 Å². The second kappa shape index (κ2) is 20.3. The summed E-state index contributed by atoms with van der Waals surface area (Å²) >= 11 is 0. The summed E-state index contributed by atoms with van der Waals surface area (Å²) in [7, 11) is 6.81. The van der Waals surface area contributed by atoms with Crippen molar-refractivity contribution >= 4 is 58.9 Å². The lowest BCUT2D eigenvalue weighted by atomic mass is 10.2. The Balaban J connectivity index is 0.00000705. The highest BCUT2D eigenvalue weighted by atomic mass is 35.5. The predicted molar refractivity (Wildman–Crippen MR) is 186 cm³/mol. The van der Waals surface area contributed by atoms with Crippen molar-refractivity contribution in [3.8, 4) is 0 Å². The first kappa shape index (κ1) is 36.5. The summed E-state index contributed by atoms with van der Waals surface area (Å²) in [6.07, 6.45) is 1.75. The number of urea groups is 2. The molecule has 0 aliphatic heterocycles. The van der Waals surface area contributed by atoms with Gasteiger partial charge < -0.3 is 41.4 Å². The van der Waals surface area contributed by atoms with Crippen LogP contribution in [0.4, 0.5) is 32.3 Å². The number of rotatable bonds is 14. The highest BCUT2D eigenvalue weighted by Crippen LogP contribution is 2.16. The Morgan fingerprint density at radius 1 is 0.556 bits per heavy atom. The van der Waals surface area contributed by atoms with Crippen LogP contribution in [0.25, 0.3) is 0 Å². The van der Waals surface area contributed by atoms with Gasteiger partial charge in [0.1, 0.15) is 11.7 Å². The van der Waals surface area contributed by atoms with Gasteiger partial charge in [-0.25, -0.2) is 9.59 Å². The fourth-order valence-corrected chi connectivity index (χ4v) is 4.11. The molecule has 3 rings (SSSR count). The largest absolute Gasteiger partial charge is 0.385 e. The Hall–Kier alpha value is -4.65. The van der Waals surface area contributed by atoms with Gasteiger partial charge in [0.25, 0.3) is 0 Å². The lowest BCUT2D eigenvalue weighted by Gasteiger charge is -2.12. The van der Waals surface area contributed by atoms with E-state index in [1.165, 1.54) is 0 Å². The number of aliphatic imine (C=N–C) groups is 2. The van der Waals surface area contributed by atoms with Crippen molar-refractivity contribution < 1.29 is 19.1 Å². The number of nitrogens with zero attached hydrogens (tertiary/aromatic N) is 2. The zero-order valence-electron chi connectivity index (χ0n) is 26.1. The number of hydrogen-bond donors (Lipinski definition) is 6. The molecule has 6 N–H and O–H groups in total. The lowest BCUT2D eigenvalue weighted by molar-refractivity contribution is 0.195. The molecule has 0 unspecified atom stereocenters. The predicted octanol–water partition coefficient (Wildman–Crippen LogP) is 5.40. The maximum absolute atomic E-state index is 12.5. The zero-order valence-corrected chi connectivity index (χ0v) is 26.9. The Kier molecular flexibility index (Phi) is 16.5. The van der Waals surface area contributed by atoms with Gasteiger partial charge >= 0.3 is 12.1 Å². The molecule has 0 saturated heterocycles. The van der Waals surface area contributed by atoms with Crippen LogP contribution < -0.4 is 31.9 Å². The number of amides is 4. The third-order valence-corrected chi connectivity index (χ3v) is 6.32. The molecular weight excluding hydrogens is 596 g/mol. The van der Waals surface area contributed by atoms with Gasteiger partial charge in [0.15, 0.2) is 0 Å². The van der Waals surface area contributed by atoms with Crippen LogP contribution >= 0.6 is 12.4 Å². The Bertz CT molecular complexity index is 1280. The van der Waals surface area contributed by atoms with E-state index in [-0.39, 0.29) is 24.5 Å². The van der Waals surface area contributed by atoms with Crippen LogP contribution in [0.2, 0.25) is 0 Å². The summed E-state index contributed by atoms with van der Waals surface area (Å²) in [5.41, 5.74) is 4.26. The van der Waals surface area contributed by atoms with Gasteiger partial charge in [-0.3, -0.25) is 9.98 Å². The molecule has 0 radical (unpaired) electrons. The number of carbonyl (C=O) groups is 2. The minimum absolute atomic E-state index is 0. The third-order valence-electron chi connectivity index (χ3n) is 6.32. The fourth-order valence-electron chi connectivity index (χ4n) is 4.11. The molecule has 0 saturated carbocycles. The van der Waals surface area contributed by atoms with Gasteiger partial charge in [0.05, 0.1) is 0 Å². The molecule has 3 aromatic carbocycles. The van der Waals surface area contributed by atoms with E-state index in [1.807, 2.05) is 48.5 Å². The monoisotopic (exact) mass is 638 g/mol. The van der Waals surface area contributed by atoms with E-state index >= 15 is 0 Å². The maximum Gasteiger partial charge on any atom is 0.323 e. The smallest absolute Gasteiger partial charge is 0.323 e. The first-order valence-electron chi connectivity index (χ1n) is 14.3. The van der Waals surface area contributed by atoms with E-state index in [9.17, 15) is 9.59 Å². The van der Waals surface area contributed by atoms with Crippen molar-refractivity contribution in [3.63, 3.8) is 0 Å². The average molecular weight is 639 g/mol. The minimum atomic E-state index is -0.386. The first-order valence-corrected chi connectivity index (χ1v) is 14.3. The first-order chi connectivity index (χ1) is 21.4. The number of methoxy groups -OCH3 is 2. The third kappa shape index (κ3) is 12.9. The highest BCUT2D eigenvalue weighted by molar-refractivity contribution is 6.03. The lowest BCUT2D eigenvalue weighted by Crippen LogP contribution is -2.26. The second-order valence-corrected chi connectivity index (χ2v) is 9.58. The molecule has 4 amide bonds. The van der Waals surface area contributed by atoms with Crippen LogP contribution in [0.15, 0.2) is 82.8 Å². The summed E-state index contributed by atoms with van der Waals surface area (Å²) in [4.78, 5) is 33.6. The quantitative estimate of drug-likeness (QED) is 0.0791. The number of nitrogens with one attached hydrogen (secondary N) is 6. The molecule has 0 aromatic heterocycles. The highest BCUT2D eigenvalue weighted by Gasteiger charge is 2.08. The van der Waals surface area contributed by atoms with Crippen LogP contribution in [0.5, 0.6) is 0 Å². The maximum atomic E-state index is 12.5. The summed E-state index contributed by atoms with van der Waals surface area (Å²) in [5, 5.41) is 17.8. The number of anilines is 4. The normalized spacial score (nSPS) is 11.2. The molecular formula is C32H43ClN8O4. The van der Waals surface area contributed by atoms with Crippen molar-refractivity contribution in [2.24, 2.45) is 9.98 Å². The molecule has 242 valence electrons. The van der Waals surface area contributed by atoms with Crippen molar-refractivity contribution in [2.75, 3.05) is 75.9 Å². The summed E-state index contributed by atoms with van der Waals surface area (Å²) in [6.45, 7) is 2.86. The van der Waals surface area contributed by atoms with Crippen LogP contribution in [-0.2, 0) is 9.47 Å². The van der Waals surface area contributed by atoms with Crippen molar-refractivity contribution in [2.45, 2.75) is 12.8 Å². The van der Waals surface area contributed by atoms with Gasteiger partial charge in [-0.1, -0.05) is 0 Å². The van der Waals surface area contributed by atoms with E-state index in [1.54, 1.807) is 52.6 Å². The van der Waals surface area contributed by atoms with Gasteiger partial charge in [-0.2, -0.15) is 0 Å². The van der Waals surface area contributed by atoms with Crippen LogP contribution in [-0.4, -0.2) is 78.4 Å². The van der Waals surface area contributed by atoms with Crippen LogP contribution in [0.1, 0.15) is 24.0 Å². The SMILES string of the molecule is CN=C(NCCCOC)c1ccc(NC(=O)Nc2ccc(NC(=O)Nc3ccc(C(=NC)NCCCOC)cc3)cc2)cc1.Cl. The van der Waals surface area contributed by atoms with Gasteiger partial charge in [0.2, 0.25) is 0 Å². The van der Waals surface area contributed by atoms with E-state index in [0.717, 1.165) is 48.7 Å². The zero-order chi connectivity index (χ0) is 31.6. The van der Waals surface area contributed by atoms with E-state index in [4.69, 9.17) is 9.47 Å². The second-order valence-electron chi connectivity index (χ2n) is 9.58. The Morgan fingerprint density at radius 2 is 0.844 bits per heavy atom. The molecule has 0 bridgehead atoms. The van der Waals surface area contributed by atoms with Gasteiger partial charge in [0, 0.05) is 88.5 Å². The summed E-state index contributed by atoms with van der Waals surface area (Å²) < 4.78 is 10.1. The standard InChI is InChI=1S/C32H42N8O4.ClH/c1-33-29(35-19-5-21-43-3)23-7-11-25(12-8-23)37-31(41)39-27-15-17-28(18-16-27)40-32(42)38-26-13-9-24(10-14-26)30(34-2)36-20-6-22-44-4;/h7-18H,5-6,19-22H2,1-4H3,(H,33,35)(H,34,36)(H2,37,39,41)(H2,38,40,42);1H. The Morgan fingerprint density at radius 3 is 1.11 bits per heavy atom. The number of benzene rings is 3. The molecule has 13 heteroatoms. The Labute approximate surface area is 270 Å². The number of carbonyl (C=O) groups excluding carboxylic acids is 2. The van der Waals surface area contributed by atoms with E-state index < -0.39 is 0 Å². The molecule has 0 aliphatic carbocycles. The van der Waals surface area contributed by atoms with Crippen molar-refractivity contribution in [1.29, 1.82) is 0 Å². The number of hydrogen-bond acceptors (Lipinski definition) is 6. The fraction of sp³-hybridized carbons (Fsp3) is 0.312. The molecule has 0 fully saturated rings. The minimum Gasteiger partial charge on any atom is -0.385 e. The van der Waals surface area contributed by atoms with E-state index in [2.05, 4.69) is 41.9 Å². The summed E-state index contributed by atoms with van der Waals surface area (Å²) in [5.74, 6) is 1.55. The molecule has 0 heterocycles. The molecule has 3 aromatic rings. The number of ether oxygens (including phenoxy) is 2. The molecule has 0 spiro atoms. The van der Waals surface area contributed by atoms with E-state index in [0.29, 0.717) is 36.0 Å². The number of halogens is 1. The van der Waals surface area contributed by atoms with Gasteiger partial charge in [-0.15, -0.1) is 12.4 Å². The summed E-state index contributed by atoms with van der Waals surface area (Å²) in [6, 6.07) is 20.9.